The highest BCUT2D eigenvalue weighted by Crippen LogP contribution is 2.38. The molecule has 0 aliphatic heterocycles. The van der Waals surface area contributed by atoms with Crippen LogP contribution in [0.4, 0.5) is 0 Å². The Hall–Kier alpha value is -2.82. The van der Waals surface area contributed by atoms with E-state index in [1.807, 2.05) is 24.3 Å². The number of hydrogen-bond acceptors (Lipinski definition) is 4. The fraction of sp³-hybridized carbons (Fsp3) is 0.391. The van der Waals surface area contributed by atoms with E-state index in [9.17, 15) is 4.79 Å². The van der Waals surface area contributed by atoms with Crippen LogP contribution in [0.15, 0.2) is 42.7 Å². The van der Waals surface area contributed by atoms with Crippen LogP contribution in [0.5, 0.6) is 5.75 Å². The van der Waals surface area contributed by atoms with Crippen molar-refractivity contribution in [1.29, 1.82) is 0 Å². The lowest BCUT2D eigenvalue weighted by molar-refractivity contribution is -0.158. The first kappa shape index (κ1) is 19.9. The SMILES string of the molecule is CCOC(=O)C(C)(C)Oc1ccc2c(c1)c(-c1ccncc1)c(C)n2C(C)C. The van der Waals surface area contributed by atoms with Gasteiger partial charge in [0.1, 0.15) is 5.75 Å². The first-order valence-corrected chi connectivity index (χ1v) is 9.67. The lowest BCUT2D eigenvalue weighted by atomic mass is 10.0. The van der Waals surface area contributed by atoms with Crippen LogP contribution in [0.3, 0.4) is 0 Å². The standard InChI is InChI=1S/C23H28N2O3/c1-7-27-22(26)23(5,6)28-18-8-9-20-19(14-18)21(16(4)25(20)15(2)3)17-10-12-24-13-11-17/h8-15H,7H2,1-6H3. The average molecular weight is 380 g/mol. The molecule has 0 bridgehead atoms. The summed E-state index contributed by atoms with van der Waals surface area (Å²) in [7, 11) is 0. The zero-order valence-corrected chi connectivity index (χ0v) is 17.4. The molecule has 0 saturated heterocycles. The predicted molar refractivity (Wildman–Crippen MR) is 112 cm³/mol. The molecule has 3 aromatic rings. The van der Waals surface area contributed by atoms with E-state index in [0.717, 1.165) is 22.0 Å². The summed E-state index contributed by atoms with van der Waals surface area (Å²) in [5.74, 6) is 0.266. The Bertz CT molecular complexity index is 988. The minimum atomic E-state index is -1.06. The Morgan fingerprint density at radius 2 is 1.86 bits per heavy atom. The van der Waals surface area contributed by atoms with E-state index < -0.39 is 5.60 Å². The third-order valence-corrected chi connectivity index (χ3v) is 4.85. The Labute approximate surface area is 166 Å². The van der Waals surface area contributed by atoms with Gasteiger partial charge < -0.3 is 14.0 Å². The van der Waals surface area contributed by atoms with E-state index in [4.69, 9.17) is 9.47 Å². The lowest BCUT2D eigenvalue weighted by Crippen LogP contribution is -2.39. The molecule has 1 aromatic carbocycles. The highest BCUT2D eigenvalue weighted by atomic mass is 16.6. The van der Waals surface area contributed by atoms with E-state index in [2.05, 4.69) is 36.4 Å². The Morgan fingerprint density at radius 3 is 2.46 bits per heavy atom. The van der Waals surface area contributed by atoms with Gasteiger partial charge in [-0.05, 0) is 77.4 Å². The second kappa shape index (κ2) is 7.66. The first-order valence-electron chi connectivity index (χ1n) is 9.67. The molecule has 0 radical (unpaired) electrons. The van der Waals surface area contributed by atoms with Gasteiger partial charge in [-0.15, -0.1) is 0 Å². The maximum Gasteiger partial charge on any atom is 0.349 e. The van der Waals surface area contributed by atoms with Gasteiger partial charge in [-0.1, -0.05) is 0 Å². The number of benzene rings is 1. The molecule has 0 fully saturated rings. The van der Waals surface area contributed by atoms with Gasteiger partial charge in [0, 0.05) is 40.6 Å². The molecule has 0 aliphatic carbocycles. The van der Waals surface area contributed by atoms with Crippen LogP contribution in [0.25, 0.3) is 22.0 Å². The van der Waals surface area contributed by atoms with Crippen LogP contribution in [-0.2, 0) is 9.53 Å². The van der Waals surface area contributed by atoms with Gasteiger partial charge in [0.2, 0.25) is 0 Å². The van der Waals surface area contributed by atoms with Gasteiger partial charge in [-0.25, -0.2) is 4.79 Å². The smallest absolute Gasteiger partial charge is 0.349 e. The molecule has 3 rings (SSSR count). The van der Waals surface area contributed by atoms with E-state index in [-0.39, 0.29) is 5.97 Å². The topological polar surface area (TPSA) is 53.4 Å². The number of aromatic nitrogens is 2. The van der Waals surface area contributed by atoms with Gasteiger partial charge in [-0.2, -0.15) is 0 Å². The fourth-order valence-electron chi connectivity index (χ4n) is 3.67. The molecule has 5 nitrogen and oxygen atoms in total. The van der Waals surface area contributed by atoms with Gasteiger partial charge in [0.25, 0.3) is 0 Å². The molecule has 0 amide bonds. The number of carbonyl (C=O) groups is 1. The molecule has 2 heterocycles. The summed E-state index contributed by atoms with van der Waals surface area (Å²) in [6.45, 7) is 12.1. The van der Waals surface area contributed by atoms with Gasteiger partial charge in [0.05, 0.1) is 6.61 Å². The van der Waals surface area contributed by atoms with Crippen molar-refractivity contribution >= 4 is 16.9 Å². The largest absolute Gasteiger partial charge is 0.476 e. The fourth-order valence-corrected chi connectivity index (χ4v) is 3.67. The second-order valence-corrected chi connectivity index (χ2v) is 7.67. The van der Waals surface area contributed by atoms with Crippen molar-refractivity contribution in [2.24, 2.45) is 0 Å². The van der Waals surface area contributed by atoms with Crippen molar-refractivity contribution in [3.05, 3.63) is 48.4 Å². The summed E-state index contributed by atoms with van der Waals surface area (Å²) in [5.41, 5.74) is 3.54. The number of pyridine rings is 1. The zero-order valence-electron chi connectivity index (χ0n) is 17.4. The maximum absolute atomic E-state index is 12.2. The molecule has 0 spiro atoms. The van der Waals surface area contributed by atoms with Crippen LogP contribution in [-0.4, -0.2) is 27.7 Å². The Morgan fingerprint density at radius 1 is 1.18 bits per heavy atom. The molecule has 0 aliphatic rings. The van der Waals surface area contributed by atoms with Crippen LogP contribution in [0.1, 0.15) is 46.4 Å². The average Bonchev–Trinajstić information content (AvgIpc) is 2.93. The van der Waals surface area contributed by atoms with Crippen molar-refractivity contribution < 1.29 is 14.3 Å². The normalized spacial score (nSPS) is 11.8. The van der Waals surface area contributed by atoms with E-state index in [0.29, 0.717) is 18.4 Å². The number of nitrogens with zero attached hydrogens (tertiary/aromatic N) is 2. The molecule has 0 atom stereocenters. The third-order valence-electron chi connectivity index (χ3n) is 4.85. The third kappa shape index (κ3) is 3.61. The predicted octanol–water partition coefficient (Wildman–Crippen LogP) is 5.31. The number of ether oxygens (including phenoxy) is 2. The molecular weight excluding hydrogens is 352 g/mol. The van der Waals surface area contributed by atoms with Crippen LogP contribution in [0, 0.1) is 6.92 Å². The summed E-state index contributed by atoms with van der Waals surface area (Å²) in [5, 5.41) is 1.09. The number of rotatable bonds is 6. The summed E-state index contributed by atoms with van der Waals surface area (Å²) < 4.78 is 13.5. The van der Waals surface area contributed by atoms with Crippen molar-refractivity contribution in [2.75, 3.05) is 6.61 Å². The van der Waals surface area contributed by atoms with Gasteiger partial charge >= 0.3 is 5.97 Å². The molecule has 0 unspecified atom stereocenters. The summed E-state index contributed by atoms with van der Waals surface area (Å²) >= 11 is 0. The van der Waals surface area contributed by atoms with Crippen molar-refractivity contribution in [2.45, 2.75) is 53.2 Å². The van der Waals surface area contributed by atoms with Crippen LogP contribution < -0.4 is 4.74 Å². The molecular formula is C23H28N2O3. The number of hydrogen-bond donors (Lipinski definition) is 0. The Kier molecular flexibility index (Phi) is 5.45. The Balaban J connectivity index is 2.14. The number of fused-ring (bicyclic) bond motifs is 1. The minimum Gasteiger partial charge on any atom is -0.476 e. The molecule has 5 heteroatoms. The van der Waals surface area contributed by atoms with E-state index >= 15 is 0 Å². The first-order chi connectivity index (χ1) is 13.3. The number of carbonyl (C=O) groups excluding carboxylic acids is 1. The highest BCUT2D eigenvalue weighted by Gasteiger charge is 2.32. The van der Waals surface area contributed by atoms with Gasteiger partial charge in [0.15, 0.2) is 5.60 Å². The molecule has 0 saturated carbocycles. The maximum atomic E-state index is 12.2. The number of esters is 1. The molecule has 2 aromatic heterocycles. The highest BCUT2D eigenvalue weighted by molar-refractivity contribution is 5.99. The van der Waals surface area contributed by atoms with Crippen LogP contribution in [0.2, 0.25) is 0 Å². The summed E-state index contributed by atoms with van der Waals surface area (Å²) in [6, 6.07) is 10.3. The lowest BCUT2D eigenvalue weighted by Gasteiger charge is -2.24. The van der Waals surface area contributed by atoms with Crippen molar-refractivity contribution in [3.63, 3.8) is 0 Å². The van der Waals surface area contributed by atoms with Crippen molar-refractivity contribution in [3.8, 4) is 16.9 Å². The van der Waals surface area contributed by atoms with Gasteiger partial charge in [-0.3, -0.25) is 4.98 Å². The van der Waals surface area contributed by atoms with E-state index in [1.54, 1.807) is 33.2 Å². The molecule has 148 valence electrons. The quantitative estimate of drug-likeness (QED) is 0.544. The monoisotopic (exact) mass is 380 g/mol. The summed E-state index contributed by atoms with van der Waals surface area (Å²) in [6.07, 6.45) is 3.61. The summed E-state index contributed by atoms with van der Waals surface area (Å²) in [4.78, 5) is 16.4. The second-order valence-electron chi connectivity index (χ2n) is 7.67. The minimum absolute atomic E-state index is 0.320. The van der Waals surface area contributed by atoms with Crippen molar-refractivity contribution in [1.82, 2.24) is 9.55 Å². The molecule has 0 N–H and O–H groups in total. The zero-order chi connectivity index (χ0) is 20.5. The van der Waals surface area contributed by atoms with Crippen LogP contribution >= 0.6 is 0 Å². The molecule has 28 heavy (non-hydrogen) atoms. The van der Waals surface area contributed by atoms with E-state index in [1.165, 1.54) is 5.69 Å².